The lowest BCUT2D eigenvalue weighted by atomic mass is 9.96. The van der Waals surface area contributed by atoms with Crippen LogP contribution in [0, 0.1) is 5.82 Å². The van der Waals surface area contributed by atoms with Crippen LogP contribution < -0.4 is 11.3 Å². The third kappa shape index (κ3) is 3.72. The van der Waals surface area contributed by atoms with Crippen molar-refractivity contribution in [1.82, 2.24) is 4.57 Å². The SMILES string of the molecule is NCCc1cc(-c2ccc(F)cc2Cl)c2ccc(=O)n(-c3c(Cl)cccc3Cl)c2c1. The molecule has 0 spiro atoms. The summed E-state index contributed by atoms with van der Waals surface area (Å²) in [4.78, 5) is 12.9. The molecule has 30 heavy (non-hydrogen) atoms. The molecule has 0 aliphatic heterocycles. The van der Waals surface area contributed by atoms with Crippen LogP contribution in [0.1, 0.15) is 5.56 Å². The van der Waals surface area contributed by atoms with Crippen molar-refractivity contribution >= 4 is 45.7 Å². The molecule has 0 aliphatic carbocycles. The lowest BCUT2D eigenvalue weighted by Crippen LogP contribution is -2.18. The molecule has 0 saturated carbocycles. The van der Waals surface area contributed by atoms with Crippen LogP contribution in [0.15, 0.2) is 65.5 Å². The normalized spacial score (nSPS) is 11.2. The summed E-state index contributed by atoms with van der Waals surface area (Å²) in [6.45, 7) is 0.423. The molecule has 0 atom stereocenters. The molecule has 0 radical (unpaired) electrons. The molecule has 0 aliphatic rings. The van der Waals surface area contributed by atoms with Gasteiger partial charge in [0, 0.05) is 17.0 Å². The van der Waals surface area contributed by atoms with Crippen LogP contribution in [-0.4, -0.2) is 11.1 Å². The van der Waals surface area contributed by atoms with Gasteiger partial charge >= 0.3 is 0 Å². The van der Waals surface area contributed by atoms with Gasteiger partial charge < -0.3 is 5.73 Å². The van der Waals surface area contributed by atoms with Gasteiger partial charge in [-0.15, -0.1) is 0 Å². The molecule has 0 bridgehead atoms. The molecular formula is C23H16Cl3FN2O. The fourth-order valence-electron chi connectivity index (χ4n) is 3.58. The summed E-state index contributed by atoms with van der Waals surface area (Å²) in [6.07, 6.45) is 0.584. The van der Waals surface area contributed by atoms with E-state index in [4.69, 9.17) is 40.5 Å². The summed E-state index contributed by atoms with van der Waals surface area (Å²) in [7, 11) is 0. The summed E-state index contributed by atoms with van der Waals surface area (Å²) in [5.74, 6) is -0.425. The van der Waals surface area contributed by atoms with Crippen LogP contribution in [-0.2, 0) is 6.42 Å². The number of nitrogens with two attached hydrogens (primary N) is 1. The number of fused-ring (bicyclic) bond motifs is 1. The highest BCUT2D eigenvalue weighted by Gasteiger charge is 2.17. The molecule has 1 aromatic heterocycles. The summed E-state index contributed by atoms with van der Waals surface area (Å²) >= 11 is 19.2. The second-order valence-electron chi connectivity index (χ2n) is 6.82. The number of nitrogens with zero attached hydrogens (tertiary/aromatic N) is 1. The molecule has 0 saturated heterocycles. The summed E-state index contributed by atoms with van der Waals surface area (Å²) in [6, 6.07) is 16.3. The van der Waals surface area contributed by atoms with Crippen LogP contribution in [0.3, 0.4) is 0 Å². The fraction of sp³-hybridized carbons (Fsp3) is 0.0870. The maximum Gasteiger partial charge on any atom is 0.255 e. The zero-order chi connectivity index (χ0) is 21.4. The number of hydrogen-bond acceptors (Lipinski definition) is 2. The Morgan fingerprint density at radius 3 is 2.27 bits per heavy atom. The third-order valence-corrected chi connectivity index (χ3v) is 5.81. The van der Waals surface area contributed by atoms with Gasteiger partial charge in [0.25, 0.3) is 5.56 Å². The first kappa shape index (κ1) is 20.9. The Kier molecular flexibility index (Phi) is 5.85. The fourth-order valence-corrected chi connectivity index (χ4v) is 4.41. The Hall–Kier alpha value is -2.37. The number of aromatic nitrogens is 1. The topological polar surface area (TPSA) is 48.0 Å². The number of benzene rings is 3. The van der Waals surface area contributed by atoms with E-state index in [1.807, 2.05) is 12.1 Å². The van der Waals surface area contributed by atoms with Crippen LogP contribution in [0.2, 0.25) is 15.1 Å². The van der Waals surface area contributed by atoms with E-state index >= 15 is 0 Å². The molecule has 3 aromatic carbocycles. The first-order valence-corrected chi connectivity index (χ1v) is 10.3. The van der Waals surface area contributed by atoms with E-state index in [2.05, 4.69) is 0 Å². The van der Waals surface area contributed by atoms with Crippen LogP contribution in [0.25, 0.3) is 27.7 Å². The van der Waals surface area contributed by atoms with Gasteiger partial charge in [-0.3, -0.25) is 9.36 Å². The third-order valence-electron chi connectivity index (χ3n) is 4.89. The summed E-state index contributed by atoms with van der Waals surface area (Å²) < 4.78 is 15.1. The molecule has 152 valence electrons. The quantitative estimate of drug-likeness (QED) is 0.390. The highest BCUT2D eigenvalue weighted by atomic mass is 35.5. The average molecular weight is 462 g/mol. The maximum absolute atomic E-state index is 13.6. The van der Waals surface area contributed by atoms with Crippen molar-refractivity contribution in [2.75, 3.05) is 6.54 Å². The highest BCUT2D eigenvalue weighted by Crippen LogP contribution is 2.37. The highest BCUT2D eigenvalue weighted by molar-refractivity contribution is 6.38. The predicted octanol–water partition coefficient (Wildman–Crippen LogP) is 6.26. The van der Waals surface area contributed by atoms with E-state index in [-0.39, 0.29) is 10.6 Å². The zero-order valence-corrected chi connectivity index (χ0v) is 17.9. The predicted molar refractivity (Wildman–Crippen MR) is 123 cm³/mol. The van der Waals surface area contributed by atoms with Crippen molar-refractivity contribution in [3.05, 3.63) is 97.5 Å². The molecule has 0 amide bonds. The van der Waals surface area contributed by atoms with Crippen LogP contribution >= 0.6 is 34.8 Å². The van der Waals surface area contributed by atoms with Crippen molar-refractivity contribution in [3.63, 3.8) is 0 Å². The molecule has 4 rings (SSSR count). The minimum Gasteiger partial charge on any atom is -0.330 e. The minimum absolute atomic E-state index is 0.273. The van der Waals surface area contributed by atoms with Crippen molar-refractivity contribution in [2.24, 2.45) is 5.73 Å². The Balaban J connectivity index is 2.14. The Morgan fingerprint density at radius 1 is 0.867 bits per heavy atom. The van der Waals surface area contributed by atoms with Crippen LogP contribution in [0.5, 0.6) is 0 Å². The van der Waals surface area contributed by atoms with Gasteiger partial charge in [-0.25, -0.2) is 4.39 Å². The van der Waals surface area contributed by atoms with Gasteiger partial charge in [-0.1, -0.05) is 46.9 Å². The van der Waals surface area contributed by atoms with Crippen molar-refractivity contribution in [2.45, 2.75) is 6.42 Å². The van der Waals surface area contributed by atoms with Gasteiger partial charge in [0.15, 0.2) is 0 Å². The van der Waals surface area contributed by atoms with Gasteiger partial charge in [0.05, 0.1) is 26.3 Å². The molecular weight excluding hydrogens is 446 g/mol. The molecule has 0 unspecified atom stereocenters. The van der Waals surface area contributed by atoms with E-state index in [1.54, 1.807) is 30.3 Å². The van der Waals surface area contributed by atoms with Crippen molar-refractivity contribution in [3.8, 4) is 16.8 Å². The second kappa shape index (κ2) is 8.40. The number of hydrogen-bond donors (Lipinski definition) is 1. The lowest BCUT2D eigenvalue weighted by molar-refractivity contribution is 0.628. The molecule has 3 nitrogen and oxygen atoms in total. The minimum atomic E-state index is -0.425. The van der Waals surface area contributed by atoms with E-state index in [0.29, 0.717) is 39.8 Å². The molecule has 0 fully saturated rings. The Bertz CT molecular complexity index is 1310. The van der Waals surface area contributed by atoms with Crippen molar-refractivity contribution < 1.29 is 4.39 Å². The van der Waals surface area contributed by atoms with Crippen molar-refractivity contribution in [1.29, 1.82) is 0 Å². The molecule has 7 heteroatoms. The monoisotopic (exact) mass is 460 g/mol. The first-order chi connectivity index (χ1) is 14.4. The number of rotatable bonds is 4. The van der Waals surface area contributed by atoms with Crippen LogP contribution in [0.4, 0.5) is 4.39 Å². The van der Waals surface area contributed by atoms with Gasteiger partial charge in [0.1, 0.15) is 5.82 Å². The number of halogens is 4. The Labute approximate surface area is 187 Å². The van der Waals surface area contributed by atoms with E-state index in [0.717, 1.165) is 16.5 Å². The molecule has 4 aromatic rings. The van der Waals surface area contributed by atoms with Gasteiger partial charge in [-0.2, -0.15) is 0 Å². The largest absolute Gasteiger partial charge is 0.330 e. The summed E-state index contributed by atoms with van der Waals surface area (Å²) in [5.41, 5.74) is 8.83. The standard InChI is InChI=1S/C23H16Cl3FN2O/c24-18-2-1-3-19(25)23(18)29-21-11-13(8-9-28)10-17(16(21)6-7-22(29)30)15-5-4-14(27)12-20(15)26/h1-7,10-12H,8-9,28H2. The lowest BCUT2D eigenvalue weighted by Gasteiger charge is -2.17. The van der Waals surface area contributed by atoms with E-state index in [1.165, 1.54) is 22.8 Å². The average Bonchev–Trinajstić information content (AvgIpc) is 2.69. The molecule has 1 heterocycles. The Morgan fingerprint density at radius 2 is 1.60 bits per heavy atom. The first-order valence-electron chi connectivity index (χ1n) is 9.19. The molecule has 2 N–H and O–H groups in total. The summed E-state index contributed by atoms with van der Waals surface area (Å²) in [5, 5.41) is 1.72. The van der Waals surface area contributed by atoms with E-state index < -0.39 is 5.82 Å². The maximum atomic E-state index is 13.6. The van der Waals surface area contributed by atoms with Gasteiger partial charge in [-0.05, 0) is 66.6 Å². The number of pyridine rings is 1. The second-order valence-corrected chi connectivity index (χ2v) is 8.04. The zero-order valence-electron chi connectivity index (χ0n) is 15.6. The van der Waals surface area contributed by atoms with Gasteiger partial charge in [0.2, 0.25) is 0 Å². The van der Waals surface area contributed by atoms with E-state index in [9.17, 15) is 9.18 Å². The number of para-hydroxylation sites is 1. The smallest absolute Gasteiger partial charge is 0.255 e.